The number of aromatic nitrogens is 6. The Morgan fingerprint density at radius 3 is 1.16 bits per heavy atom. The molecule has 0 spiro atoms. The number of benzene rings is 8. The molecular weight excluding hydrogens is 749 g/mol. The van der Waals surface area contributed by atoms with E-state index in [2.05, 4.69) is 66.7 Å². The Labute approximate surface area is 351 Å². The van der Waals surface area contributed by atoms with Gasteiger partial charge >= 0.3 is 0 Å². The van der Waals surface area contributed by atoms with Crippen LogP contribution >= 0.6 is 0 Å². The summed E-state index contributed by atoms with van der Waals surface area (Å²) in [6.45, 7) is 0. The first-order valence-corrected chi connectivity index (χ1v) is 20.1. The molecule has 3 heterocycles. The van der Waals surface area contributed by atoms with Crippen LogP contribution in [0.15, 0.2) is 211 Å². The molecule has 0 aliphatic rings. The van der Waals surface area contributed by atoms with E-state index in [9.17, 15) is 0 Å². The number of hydrogen-bond donors (Lipinski definition) is 0. The molecule has 11 rings (SSSR count). The number of fused-ring (bicyclic) bond motifs is 3. The van der Waals surface area contributed by atoms with Gasteiger partial charge in [-0.1, -0.05) is 182 Å². The van der Waals surface area contributed by atoms with Crippen LogP contribution in [0.4, 0.5) is 0 Å². The van der Waals surface area contributed by atoms with E-state index in [0.717, 1.165) is 77.6 Å². The van der Waals surface area contributed by atoms with Crippen molar-refractivity contribution in [3.8, 4) is 90.6 Å². The van der Waals surface area contributed by atoms with E-state index in [1.54, 1.807) is 0 Å². The summed E-state index contributed by atoms with van der Waals surface area (Å²) in [5, 5.41) is 2.08. The van der Waals surface area contributed by atoms with Crippen LogP contribution in [0.5, 0.6) is 0 Å². The van der Waals surface area contributed by atoms with Crippen molar-refractivity contribution >= 4 is 21.9 Å². The zero-order valence-corrected chi connectivity index (χ0v) is 32.7. The van der Waals surface area contributed by atoms with E-state index < -0.39 is 0 Å². The van der Waals surface area contributed by atoms with Gasteiger partial charge in [-0.2, -0.15) is 0 Å². The van der Waals surface area contributed by atoms with Crippen molar-refractivity contribution in [3.05, 3.63) is 206 Å². The Morgan fingerprint density at radius 1 is 0.246 bits per heavy atom. The first-order chi connectivity index (χ1) is 30.2. The lowest BCUT2D eigenvalue weighted by molar-refractivity contribution is 0.669. The summed E-state index contributed by atoms with van der Waals surface area (Å²) in [5.74, 6) is 3.36. The summed E-state index contributed by atoms with van der Waals surface area (Å²) in [5.41, 5.74) is 11.0. The van der Waals surface area contributed by atoms with Crippen LogP contribution in [0, 0.1) is 0 Å². The average Bonchev–Trinajstić information content (AvgIpc) is 3.73. The van der Waals surface area contributed by atoms with Gasteiger partial charge in [-0.3, -0.25) is 0 Å². The maximum absolute atomic E-state index is 6.47. The molecule has 7 nitrogen and oxygen atoms in total. The third-order valence-corrected chi connectivity index (χ3v) is 10.8. The maximum atomic E-state index is 6.47. The van der Waals surface area contributed by atoms with E-state index in [-0.39, 0.29) is 0 Å². The lowest BCUT2D eigenvalue weighted by Gasteiger charge is -2.14. The number of hydrogen-bond acceptors (Lipinski definition) is 7. The largest absolute Gasteiger partial charge is 0.456 e. The predicted molar refractivity (Wildman–Crippen MR) is 244 cm³/mol. The Balaban J connectivity index is 1.16. The van der Waals surface area contributed by atoms with Gasteiger partial charge in [-0.05, 0) is 46.5 Å². The zero-order valence-electron chi connectivity index (χ0n) is 32.7. The van der Waals surface area contributed by atoms with Gasteiger partial charge in [0, 0.05) is 44.2 Å². The van der Waals surface area contributed by atoms with E-state index in [0.29, 0.717) is 34.9 Å². The second kappa shape index (κ2) is 15.4. The van der Waals surface area contributed by atoms with Gasteiger partial charge in [0.2, 0.25) is 0 Å². The highest BCUT2D eigenvalue weighted by Gasteiger charge is 2.21. The minimum Gasteiger partial charge on any atom is -0.456 e. The van der Waals surface area contributed by atoms with Crippen LogP contribution in [-0.4, -0.2) is 29.9 Å². The molecule has 0 aliphatic heterocycles. The van der Waals surface area contributed by atoms with Gasteiger partial charge in [0.05, 0.1) is 0 Å². The standard InChI is InChI=1S/C54H34N6O/c1-6-17-35(18-7-1)43-27-16-28-47-48(43)45-33-40(30-32-46(45)61-47)42-31-29-41(53-57-49(36-19-8-2-9-20-36)55-50(58-53)37-21-10-3-11-22-37)34-44(42)54-59-51(38-23-12-4-13-24-38)56-52(60-54)39-25-14-5-15-26-39/h1-34H. The van der Waals surface area contributed by atoms with Crippen molar-refractivity contribution in [3.63, 3.8) is 0 Å². The molecular formula is C54H34N6O. The normalized spacial score (nSPS) is 11.3. The van der Waals surface area contributed by atoms with E-state index in [4.69, 9.17) is 34.3 Å². The molecule has 0 aliphatic carbocycles. The molecule has 0 saturated heterocycles. The Hall–Kier alpha value is -8.42. The molecule has 286 valence electrons. The molecule has 0 fully saturated rings. The second-order valence-corrected chi connectivity index (χ2v) is 14.7. The fourth-order valence-corrected chi connectivity index (χ4v) is 7.84. The number of furan rings is 1. The quantitative estimate of drug-likeness (QED) is 0.152. The smallest absolute Gasteiger partial charge is 0.164 e. The third kappa shape index (κ3) is 6.90. The van der Waals surface area contributed by atoms with Crippen LogP contribution in [-0.2, 0) is 0 Å². The fourth-order valence-electron chi connectivity index (χ4n) is 7.84. The summed E-state index contributed by atoms with van der Waals surface area (Å²) in [6.07, 6.45) is 0. The topological polar surface area (TPSA) is 90.5 Å². The molecule has 0 atom stereocenters. The highest BCUT2D eigenvalue weighted by atomic mass is 16.3. The van der Waals surface area contributed by atoms with Crippen LogP contribution < -0.4 is 0 Å². The van der Waals surface area contributed by atoms with E-state index in [1.165, 1.54) is 0 Å². The highest BCUT2D eigenvalue weighted by Crippen LogP contribution is 2.41. The van der Waals surface area contributed by atoms with Crippen LogP contribution in [0.1, 0.15) is 0 Å². The molecule has 0 amide bonds. The van der Waals surface area contributed by atoms with Crippen molar-refractivity contribution in [1.82, 2.24) is 29.9 Å². The lowest BCUT2D eigenvalue weighted by Crippen LogP contribution is -2.03. The summed E-state index contributed by atoms with van der Waals surface area (Å²) < 4.78 is 6.47. The second-order valence-electron chi connectivity index (χ2n) is 14.7. The molecule has 0 radical (unpaired) electrons. The van der Waals surface area contributed by atoms with Gasteiger partial charge in [0.25, 0.3) is 0 Å². The lowest BCUT2D eigenvalue weighted by atomic mass is 9.94. The zero-order chi connectivity index (χ0) is 40.5. The Morgan fingerprint density at radius 2 is 0.672 bits per heavy atom. The molecule has 0 bridgehead atoms. The SMILES string of the molecule is c1ccc(-c2nc(-c3ccccc3)nc(-c3ccc(-c4ccc5oc6cccc(-c7ccccc7)c6c5c4)c(-c4nc(-c5ccccc5)nc(-c5ccccc5)n4)c3)n2)cc1. The van der Waals surface area contributed by atoms with Crippen LogP contribution in [0.25, 0.3) is 113 Å². The van der Waals surface area contributed by atoms with Crippen molar-refractivity contribution < 1.29 is 4.42 Å². The monoisotopic (exact) mass is 782 g/mol. The molecule has 0 N–H and O–H groups in total. The molecule has 0 saturated carbocycles. The van der Waals surface area contributed by atoms with Crippen LogP contribution in [0.2, 0.25) is 0 Å². The van der Waals surface area contributed by atoms with Crippen molar-refractivity contribution in [2.75, 3.05) is 0 Å². The first kappa shape index (κ1) is 35.7. The van der Waals surface area contributed by atoms with E-state index in [1.807, 2.05) is 140 Å². The highest BCUT2D eigenvalue weighted by molar-refractivity contribution is 6.13. The van der Waals surface area contributed by atoms with Gasteiger partial charge in [-0.15, -0.1) is 0 Å². The first-order valence-electron chi connectivity index (χ1n) is 20.1. The summed E-state index contributed by atoms with van der Waals surface area (Å²) in [4.78, 5) is 30.6. The van der Waals surface area contributed by atoms with Crippen LogP contribution in [0.3, 0.4) is 0 Å². The molecule has 61 heavy (non-hydrogen) atoms. The van der Waals surface area contributed by atoms with Crippen molar-refractivity contribution in [1.29, 1.82) is 0 Å². The summed E-state index contributed by atoms with van der Waals surface area (Å²) >= 11 is 0. The molecule has 0 unspecified atom stereocenters. The summed E-state index contributed by atoms with van der Waals surface area (Å²) in [6, 6.07) is 69.4. The maximum Gasteiger partial charge on any atom is 0.164 e. The van der Waals surface area contributed by atoms with Gasteiger partial charge in [0.1, 0.15) is 11.2 Å². The molecule has 7 heteroatoms. The van der Waals surface area contributed by atoms with Crippen molar-refractivity contribution in [2.45, 2.75) is 0 Å². The van der Waals surface area contributed by atoms with Gasteiger partial charge < -0.3 is 4.42 Å². The molecule has 8 aromatic carbocycles. The average molecular weight is 783 g/mol. The Kier molecular flexibility index (Phi) is 9.02. The van der Waals surface area contributed by atoms with Crippen molar-refractivity contribution in [2.24, 2.45) is 0 Å². The van der Waals surface area contributed by atoms with Gasteiger partial charge in [0.15, 0.2) is 34.9 Å². The minimum atomic E-state index is 0.521. The third-order valence-electron chi connectivity index (χ3n) is 10.8. The molecule has 11 aromatic rings. The Bertz CT molecular complexity index is 3220. The van der Waals surface area contributed by atoms with E-state index >= 15 is 0 Å². The summed E-state index contributed by atoms with van der Waals surface area (Å²) in [7, 11) is 0. The predicted octanol–water partition coefficient (Wildman–Crippen LogP) is 13.3. The fraction of sp³-hybridized carbons (Fsp3) is 0. The molecule has 3 aromatic heterocycles. The van der Waals surface area contributed by atoms with Gasteiger partial charge in [-0.25, -0.2) is 29.9 Å². The minimum absolute atomic E-state index is 0.521. The number of nitrogens with zero attached hydrogens (tertiary/aromatic N) is 6. The number of rotatable bonds is 8.